The summed E-state index contributed by atoms with van der Waals surface area (Å²) in [7, 11) is -0.432. The van der Waals surface area contributed by atoms with Gasteiger partial charge in [-0.15, -0.1) is 0 Å². The van der Waals surface area contributed by atoms with Crippen LogP contribution in [-0.4, -0.2) is 94.7 Å². The van der Waals surface area contributed by atoms with Crippen molar-refractivity contribution in [2.45, 2.75) is 69.7 Å². The van der Waals surface area contributed by atoms with Gasteiger partial charge in [-0.3, -0.25) is 14.4 Å². The summed E-state index contributed by atoms with van der Waals surface area (Å²) in [6, 6.07) is 16.2. The summed E-state index contributed by atoms with van der Waals surface area (Å²) in [4.78, 5) is 18.3. The summed E-state index contributed by atoms with van der Waals surface area (Å²) in [6.45, 7) is 7.88. The molecule has 2 heterocycles. The fourth-order valence-corrected chi connectivity index (χ4v) is 7.19. The first-order chi connectivity index (χ1) is 24.0. The highest BCUT2D eigenvalue weighted by molar-refractivity contribution is 7.92. The number of fused-ring (bicyclic) bond motifs is 2. The minimum Gasteiger partial charge on any atom is -0.497 e. The number of nitrogens with one attached hydrogen (secondary N) is 1. The van der Waals surface area contributed by atoms with Gasteiger partial charge in [0.15, 0.2) is 11.5 Å². The molecular weight excluding hydrogens is 662 g/mol. The summed E-state index contributed by atoms with van der Waals surface area (Å²) in [5.74, 6) is 1.87. The number of aliphatic hydroxyl groups is 1. The molecule has 3 aromatic rings. The van der Waals surface area contributed by atoms with Crippen LogP contribution >= 0.6 is 0 Å². The van der Waals surface area contributed by atoms with E-state index < -0.39 is 16.1 Å². The van der Waals surface area contributed by atoms with E-state index in [4.69, 9.17) is 23.7 Å². The van der Waals surface area contributed by atoms with E-state index in [2.05, 4.69) is 9.62 Å². The zero-order valence-electron chi connectivity index (χ0n) is 29.5. The van der Waals surface area contributed by atoms with Gasteiger partial charge in [0.05, 0.1) is 42.4 Å². The fraction of sp³-hybridized carbons (Fsp3) is 0.486. The summed E-state index contributed by atoms with van der Waals surface area (Å²) in [6.07, 6.45) is 2.03. The second-order valence-electron chi connectivity index (χ2n) is 13.2. The Hall–Kier alpha value is -4.04. The smallest absolute Gasteiger partial charge is 0.261 e. The van der Waals surface area contributed by atoms with Crippen molar-refractivity contribution in [2.75, 3.05) is 52.0 Å². The van der Waals surface area contributed by atoms with Crippen molar-refractivity contribution in [2.24, 2.45) is 5.92 Å². The fourth-order valence-electron chi connectivity index (χ4n) is 6.14. The highest BCUT2D eigenvalue weighted by atomic mass is 32.2. The molecule has 0 fully saturated rings. The van der Waals surface area contributed by atoms with E-state index in [0.717, 1.165) is 36.3 Å². The molecule has 0 aliphatic carbocycles. The van der Waals surface area contributed by atoms with Crippen LogP contribution in [0, 0.1) is 5.92 Å². The Morgan fingerprint density at radius 1 is 1.02 bits per heavy atom. The zero-order chi connectivity index (χ0) is 35.8. The molecular formula is C37H49N3O9S. The Morgan fingerprint density at radius 3 is 2.50 bits per heavy atom. The Bertz CT molecular complexity index is 1700. The first-order valence-electron chi connectivity index (χ1n) is 17.1. The maximum atomic E-state index is 14.5. The van der Waals surface area contributed by atoms with E-state index >= 15 is 0 Å². The van der Waals surface area contributed by atoms with Crippen LogP contribution < -0.4 is 23.7 Å². The van der Waals surface area contributed by atoms with Crippen molar-refractivity contribution in [3.05, 3.63) is 71.8 Å². The van der Waals surface area contributed by atoms with Gasteiger partial charge in [0.25, 0.3) is 15.9 Å². The lowest BCUT2D eigenvalue weighted by Gasteiger charge is -2.36. The number of carbonyl (C=O) groups is 1. The number of hydrogen-bond acceptors (Lipinski definition) is 10. The van der Waals surface area contributed by atoms with Crippen molar-refractivity contribution in [3.8, 4) is 23.0 Å². The van der Waals surface area contributed by atoms with Gasteiger partial charge in [-0.1, -0.05) is 13.0 Å². The highest BCUT2D eigenvalue weighted by Crippen LogP contribution is 2.33. The molecule has 13 heteroatoms. The second kappa shape index (κ2) is 16.8. The van der Waals surface area contributed by atoms with E-state index in [-0.39, 0.29) is 53.6 Å². The number of carbonyl (C=O) groups excluding carboxylic acids is 1. The van der Waals surface area contributed by atoms with Crippen LogP contribution in [0.2, 0.25) is 0 Å². The van der Waals surface area contributed by atoms with Crippen molar-refractivity contribution >= 4 is 21.6 Å². The van der Waals surface area contributed by atoms with E-state index in [0.29, 0.717) is 37.7 Å². The number of amides is 1. The highest BCUT2D eigenvalue weighted by Gasteiger charge is 2.31. The number of aliphatic hydroxyl groups excluding tert-OH is 1. The Balaban J connectivity index is 1.40. The first kappa shape index (κ1) is 37.2. The summed E-state index contributed by atoms with van der Waals surface area (Å²) in [5, 5.41) is 10.3. The van der Waals surface area contributed by atoms with Gasteiger partial charge in [-0.2, -0.15) is 0 Å². The molecule has 2 aliphatic heterocycles. The standard InChI is InChI=1S/C37H49N3O9S/c1-25-20-40(26(2)23-41)37(42)32-19-29(38-50(43,44)31-13-11-30(45-5)12-14-31)10-16-33(32)49-27(3)8-6-7-17-46-36(25)22-39(4)21-28-9-15-34-35(18-28)48-24-47-34/h9-16,18-19,25-27,36,38,41H,6-8,17,20-24H2,1-5H3/t25-,26+,27-,36-/m1/s1. The molecule has 0 unspecified atom stereocenters. The third-order valence-corrected chi connectivity index (χ3v) is 10.5. The van der Waals surface area contributed by atoms with Crippen LogP contribution in [0.1, 0.15) is 56.0 Å². The molecule has 0 radical (unpaired) electrons. The molecule has 12 nitrogen and oxygen atoms in total. The monoisotopic (exact) mass is 711 g/mol. The minimum absolute atomic E-state index is 0.0495. The Morgan fingerprint density at radius 2 is 1.76 bits per heavy atom. The quantitative estimate of drug-likeness (QED) is 0.291. The molecule has 50 heavy (non-hydrogen) atoms. The van der Waals surface area contributed by atoms with Gasteiger partial charge in [0.1, 0.15) is 11.5 Å². The van der Waals surface area contributed by atoms with E-state index in [9.17, 15) is 18.3 Å². The summed E-state index contributed by atoms with van der Waals surface area (Å²) >= 11 is 0. The van der Waals surface area contributed by atoms with Crippen LogP contribution in [0.5, 0.6) is 23.0 Å². The Kier molecular flexibility index (Phi) is 12.5. The number of rotatable bonds is 10. The Labute approximate surface area is 295 Å². The molecule has 5 rings (SSSR count). The third kappa shape index (κ3) is 9.39. The maximum absolute atomic E-state index is 14.5. The van der Waals surface area contributed by atoms with E-state index in [1.54, 1.807) is 36.1 Å². The number of hydrogen-bond donors (Lipinski definition) is 2. The predicted octanol–water partition coefficient (Wildman–Crippen LogP) is 5.15. The third-order valence-electron chi connectivity index (χ3n) is 9.05. The van der Waals surface area contributed by atoms with Gasteiger partial charge in [0.2, 0.25) is 6.79 Å². The zero-order valence-corrected chi connectivity index (χ0v) is 30.3. The summed E-state index contributed by atoms with van der Waals surface area (Å²) in [5.41, 5.74) is 1.50. The molecule has 0 saturated carbocycles. The van der Waals surface area contributed by atoms with Crippen LogP contribution in [0.4, 0.5) is 5.69 Å². The molecule has 0 spiro atoms. The lowest BCUT2D eigenvalue weighted by Crippen LogP contribution is -2.47. The normalized spacial score (nSPS) is 20.8. The number of benzene rings is 3. The van der Waals surface area contributed by atoms with Gasteiger partial charge in [-0.25, -0.2) is 8.42 Å². The molecule has 2 N–H and O–H groups in total. The topological polar surface area (TPSA) is 136 Å². The number of ether oxygens (including phenoxy) is 5. The number of methoxy groups -OCH3 is 1. The van der Waals surface area contributed by atoms with Crippen LogP contribution in [0.25, 0.3) is 0 Å². The van der Waals surface area contributed by atoms with Crippen LogP contribution in [-0.2, 0) is 21.3 Å². The van der Waals surface area contributed by atoms with E-state index in [1.807, 2.05) is 39.1 Å². The van der Waals surface area contributed by atoms with Gasteiger partial charge < -0.3 is 33.7 Å². The second-order valence-corrected chi connectivity index (χ2v) is 14.9. The minimum atomic E-state index is -3.98. The SMILES string of the molecule is COc1ccc(S(=O)(=O)Nc2ccc3c(c2)C(=O)N([C@@H](C)CO)C[C@@H](C)[C@@H](CN(C)Cc2ccc4c(c2)OCO4)OCCCC[C@@H](C)O3)cc1. The van der Waals surface area contributed by atoms with Gasteiger partial charge in [-0.05, 0) is 100 Å². The summed E-state index contributed by atoms with van der Waals surface area (Å²) < 4.78 is 58.2. The van der Waals surface area contributed by atoms with Crippen LogP contribution in [0.15, 0.2) is 65.6 Å². The molecule has 272 valence electrons. The van der Waals surface area contributed by atoms with Crippen molar-refractivity contribution in [3.63, 3.8) is 0 Å². The lowest BCUT2D eigenvalue weighted by molar-refractivity contribution is -0.0177. The van der Waals surface area contributed by atoms with Crippen molar-refractivity contribution in [1.82, 2.24) is 9.80 Å². The molecule has 4 atom stereocenters. The molecule has 0 aromatic heterocycles. The maximum Gasteiger partial charge on any atom is 0.261 e. The van der Waals surface area contributed by atoms with Gasteiger partial charge in [0, 0.05) is 37.8 Å². The average Bonchev–Trinajstić information content (AvgIpc) is 3.57. The predicted molar refractivity (Wildman–Crippen MR) is 190 cm³/mol. The van der Waals surface area contributed by atoms with Crippen molar-refractivity contribution < 1.29 is 42.0 Å². The first-order valence-corrected chi connectivity index (χ1v) is 18.5. The molecule has 0 bridgehead atoms. The van der Waals surface area contributed by atoms with E-state index in [1.165, 1.54) is 25.3 Å². The largest absolute Gasteiger partial charge is 0.497 e. The number of nitrogens with zero attached hydrogens (tertiary/aromatic N) is 2. The number of likely N-dealkylation sites (N-methyl/N-ethyl adjacent to an activating group) is 1. The molecule has 0 saturated heterocycles. The number of anilines is 1. The molecule has 2 aliphatic rings. The molecule has 1 amide bonds. The lowest BCUT2D eigenvalue weighted by atomic mass is 10.0. The van der Waals surface area contributed by atoms with Crippen molar-refractivity contribution in [1.29, 1.82) is 0 Å². The molecule has 3 aromatic carbocycles. The van der Waals surface area contributed by atoms with Crippen LogP contribution in [0.3, 0.4) is 0 Å². The average molecular weight is 712 g/mol. The van der Waals surface area contributed by atoms with Gasteiger partial charge >= 0.3 is 0 Å². The number of sulfonamides is 1.